The average Bonchev–Trinajstić information content (AvgIpc) is 2.43. The maximum absolute atomic E-state index is 12.0. The van der Waals surface area contributed by atoms with Crippen LogP contribution in [-0.2, 0) is 14.1 Å². The molecule has 7 heteroatoms. The van der Waals surface area contributed by atoms with Gasteiger partial charge in [-0.05, 0) is 12.3 Å². The van der Waals surface area contributed by atoms with Crippen LogP contribution in [-0.4, -0.2) is 33.4 Å². The normalized spacial score (nSPS) is 22.6. The third kappa shape index (κ3) is 2.12. The minimum Gasteiger partial charge on any atom is -0.391 e. The fraction of sp³-hybridized carbons (Fsp3) is 0.615. The average molecular weight is 278 g/mol. The molecule has 0 amide bonds. The number of nitriles is 1. The Hall–Kier alpha value is -2.07. The van der Waals surface area contributed by atoms with Crippen molar-refractivity contribution in [2.45, 2.75) is 19.4 Å². The van der Waals surface area contributed by atoms with Crippen molar-refractivity contribution in [2.75, 3.05) is 18.0 Å². The number of rotatable bonds is 1. The summed E-state index contributed by atoms with van der Waals surface area (Å²) in [6.07, 6.45) is 0.213. The van der Waals surface area contributed by atoms with Crippen molar-refractivity contribution in [1.82, 2.24) is 9.13 Å². The number of β-amino-alcohol motifs (C(OH)–C–C–N with tert-alkyl or cyclic N) is 1. The van der Waals surface area contributed by atoms with E-state index in [1.807, 2.05) is 13.0 Å². The van der Waals surface area contributed by atoms with Gasteiger partial charge in [-0.3, -0.25) is 13.9 Å². The molecular weight excluding hydrogens is 260 g/mol. The van der Waals surface area contributed by atoms with Crippen molar-refractivity contribution >= 4 is 5.82 Å². The number of aromatic nitrogens is 2. The molecule has 1 aromatic heterocycles. The van der Waals surface area contributed by atoms with E-state index in [4.69, 9.17) is 0 Å². The summed E-state index contributed by atoms with van der Waals surface area (Å²) in [5.74, 6) is 0.465. The third-order valence-electron chi connectivity index (χ3n) is 3.96. The Kier molecular flexibility index (Phi) is 3.68. The van der Waals surface area contributed by atoms with Gasteiger partial charge in [0.05, 0.1) is 6.10 Å². The number of hydrogen-bond acceptors (Lipinski definition) is 5. The molecule has 2 heterocycles. The van der Waals surface area contributed by atoms with Crippen LogP contribution in [0.5, 0.6) is 0 Å². The number of anilines is 1. The van der Waals surface area contributed by atoms with Crippen LogP contribution in [0, 0.1) is 17.2 Å². The van der Waals surface area contributed by atoms with Gasteiger partial charge < -0.3 is 10.0 Å². The molecule has 1 aromatic rings. The summed E-state index contributed by atoms with van der Waals surface area (Å²) >= 11 is 0. The smallest absolute Gasteiger partial charge is 0.332 e. The minimum atomic E-state index is -0.598. The Bertz CT molecular complexity index is 683. The van der Waals surface area contributed by atoms with E-state index in [1.165, 1.54) is 18.7 Å². The first-order valence-corrected chi connectivity index (χ1v) is 6.51. The Morgan fingerprint density at radius 3 is 2.50 bits per heavy atom. The lowest BCUT2D eigenvalue weighted by molar-refractivity contribution is 0.102. The fourth-order valence-electron chi connectivity index (χ4n) is 2.54. The molecule has 0 aliphatic carbocycles. The lowest BCUT2D eigenvalue weighted by Crippen LogP contribution is -2.48. The zero-order valence-corrected chi connectivity index (χ0v) is 11.8. The largest absolute Gasteiger partial charge is 0.391 e. The number of aliphatic hydroxyl groups excluding tert-OH is 1. The van der Waals surface area contributed by atoms with Crippen molar-refractivity contribution in [3.8, 4) is 6.07 Å². The predicted molar refractivity (Wildman–Crippen MR) is 73.6 cm³/mol. The van der Waals surface area contributed by atoms with Gasteiger partial charge in [-0.15, -0.1) is 0 Å². The van der Waals surface area contributed by atoms with Crippen molar-refractivity contribution in [3.05, 3.63) is 26.4 Å². The highest BCUT2D eigenvalue weighted by molar-refractivity contribution is 5.53. The molecule has 2 rings (SSSR count). The number of nitrogens with zero attached hydrogens (tertiary/aromatic N) is 4. The third-order valence-corrected chi connectivity index (χ3v) is 3.96. The summed E-state index contributed by atoms with van der Waals surface area (Å²) in [6.45, 7) is 2.87. The molecule has 1 N–H and O–H groups in total. The minimum absolute atomic E-state index is 0.0589. The van der Waals surface area contributed by atoms with Crippen molar-refractivity contribution < 1.29 is 5.11 Å². The SMILES string of the molecule is CC1CCN(c2c(C#N)c(=O)n(C)c(=O)n2C)CC1O. The van der Waals surface area contributed by atoms with E-state index in [-0.39, 0.29) is 11.5 Å². The monoisotopic (exact) mass is 278 g/mol. The molecule has 2 atom stereocenters. The first-order chi connectivity index (χ1) is 9.38. The van der Waals surface area contributed by atoms with E-state index in [2.05, 4.69) is 0 Å². The second-order valence-electron chi connectivity index (χ2n) is 5.30. The standard InChI is InChI=1S/C13H18N4O3/c1-8-4-5-17(7-10(8)18)11-9(6-14)12(19)16(3)13(20)15(11)2/h8,10,18H,4-5,7H2,1-3H3. The van der Waals surface area contributed by atoms with Crippen molar-refractivity contribution in [1.29, 1.82) is 5.26 Å². The maximum Gasteiger partial charge on any atom is 0.332 e. The van der Waals surface area contributed by atoms with E-state index in [0.717, 1.165) is 11.0 Å². The fourth-order valence-corrected chi connectivity index (χ4v) is 2.54. The van der Waals surface area contributed by atoms with Crippen LogP contribution in [0.15, 0.2) is 9.59 Å². The van der Waals surface area contributed by atoms with Gasteiger partial charge in [0.2, 0.25) is 0 Å². The number of hydrogen-bond donors (Lipinski definition) is 1. The summed E-state index contributed by atoms with van der Waals surface area (Å²) in [4.78, 5) is 25.8. The van der Waals surface area contributed by atoms with Gasteiger partial charge in [-0.1, -0.05) is 6.92 Å². The molecule has 1 fully saturated rings. The lowest BCUT2D eigenvalue weighted by Gasteiger charge is -2.36. The lowest BCUT2D eigenvalue weighted by atomic mass is 9.96. The molecule has 1 saturated heterocycles. The Labute approximate surface area is 116 Å². The molecule has 0 radical (unpaired) electrons. The summed E-state index contributed by atoms with van der Waals surface area (Å²) in [5, 5.41) is 19.2. The van der Waals surface area contributed by atoms with E-state index in [9.17, 15) is 20.0 Å². The maximum atomic E-state index is 12.0. The second kappa shape index (κ2) is 5.13. The summed E-state index contributed by atoms with van der Waals surface area (Å²) < 4.78 is 2.22. The molecule has 1 aliphatic heterocycles. The van der Waals surface area contributed by atoms with Crippen LogP contribution in [0.1, 0.15) is 18.9 Å². The highest BCUT2D eigenvalue weighted by atomic mass is 16.3. The number of piperidine rings is 1. The van der Waals surface area contributed by atoms with Crippen molar-refractivity contribution in [3.63, 3.8) is 0 Å². The molecule has 2 unspecified atom stereocenters. The summed E-state index contributed by atoms with van der Waals surface area (Å²) in [5.41, 5.74) is -1.13. The zero-order valence-electron chi connectivity index (χ0n) is 11.8. The zero-order chi connectivity index (χ0) is 15.0. The van der Waals surface area contributed by atoms with Gasteiger partial charge >= 0.3 is 5.69 Å². The molecule has 0 aromatic carbocycles. The highest BCUT2D eigenvalue weighted by Gasteiger charge is 2.28. The Morgan fingerprint density at radius 2 is 1.95 bits per heavy atom. The first-order valence-electron chi connectivity index (χ1n) is 6.51. The first kappa shape index (κ1) is 14.3. The second-order valence-corrected chi connectivity index (χ2v) is 5.30. The van der Waals surface area contributed by atoms with Gasteiger partial charge in [0, 0.05) is 27.2 Å². The Morgan fingerprint density at radius 1 is 1.30 bits per heavy atom. The van der Waals surface area contributed by atoms with Gasteiger partial charge in [0.15, 0.2) is 5.56 Å². The molecule has 108 valence electrons. The van der Waals surface area contributed by atoms with Crippen LogP contribution in [0.2, 0.25) is 0 Å². The Balaban J connectivity index is 2.61. The molecule has 1 aliphatic rings. The molecule has 0 saturated carbocycles. The van der Waals surface area contributed by atoms with Crippen LogP contribution < -0.4 is 16.1 Å². The van der Waals surface area contributed by atoms with Gasteiger partial charge in [0.1, 0.15) is 11.9 Å². The van der Waals surface area contributed by atoms with E-state index < -0.39 is 17.4 Å². The summed E-state index contributed by atoms with van der Waals surface area (Å²) in [7, 11) is 2.88. The van der Waals surface area contributed by atoms with Crippen LogP contribution >= 0.6 is 0 Å². The van der Waals surface area contributed by atoms with Gasteiger partial charge in [-0.25, -0.2) is 4.79 Å². The van der Waals surface area contributed by atoms with E-state index in [1.54, 1.807) is 4.90 Å². The van der Waals surface area contributed by atoms with Crippen LogP contribution in [0.4, 0.5) is 5.82 Å². The molecular formula is C13H18N4O3. The van der Waals surface area contributed by atoms with Gasteiger partial charge in [0.25, 0.3) is 5.56 Å². The predicted octanol–water partition coefficient (Wildman–Crippen LogP) is -0.837. The molecule has 0 bridgehead atoms. The van der Waals surface area contributed by atoms with Crippen LogP contribution in [0.3, 0.4) is 0 Å². The molecule has 0 spiro atoms. The topological polar surface area (TPSA) is 91.3 Å². The van der Waals surface area contributed by atoms with Gasteiger partial charge in [-0.2, -0.15) is 5.26 Å². The quantitative estimate of drug-likeness (QED) is 0.723. The van der Waals surface area contributed by atoms with E-state index in [0.29, 0.717) is 18.9 Å². The molecule has 7 nitrogen and oxygen atoms in total. The van der Waals surface area contributed by atoms with E-state index >= 15 is 0 Å². The van der Waals surface area contributed by atoms with Crippen LogP contribution in [0.25, 0.3) is 0 Å². The highest BCUT2D eigenvalue weighted by Crippen LogP contribution is 2.23. The van der Waals surface area contributed by atoms with Crippen molar-refractivity contribution in [2.24, 2.45) is 20.0 Å². The molecule has 20 heavy (non-hydrogen) atoms. The number of aliphatic hydroxyl groups is 1. The summed E-state index contributed by atoms with van der Waals surface area (Å²) in [6, 6.07) is 1.88.